The molecule has 34 heavy (non-hydrogen) atoms. The van der Waals surface area contributed by atoms with E-state index in [2.05, 4.69) is 5.32 Å². The Kier molecular flexibility index (Phi) is 6.25. The Labute approximate surface area is 191 Å². The maximum atomic E-state index is 12.8. The molecule has 0 saturated carbocycles. The fourth-order valence-corrected chi connectivity index (χ4v) is 5.17. The second kappa shape index (κ2) is 8.42. The number of carboxylic acid groups (broad SMARTS) is 1. The van der Waals surface area contributed by atoms with Gasteiger partial charge in [-0.15, -0.1) is 0 Å². The molecule has 0 aliphatic rings. The van der Waals surface area contributed by atoms with Gasteiger partial charge in [-0.2, -0.15) is 25.3 Å². The molecule has 0 aliphatic heterocycles. The molecule has 0 radical (unpaired) electrons. The second-order valence-corrected chi connectivity index (χ2v) is 10.9. The largest absolute Gasteiger partial charge is 0.478 e. The minimum atomic E-state index is -5.32. The van der Waals surface area contributed by atoms with Crippen molar-refractivity contribution >= 4 is 58.7 Å². The van der Waals surface area contributed by atoms with Gasteiger partial charge in [0.1, 0.15) is 9.79 Å². The molecular formula is C18H13NO12S3. The summed E-state index contributed by atoms with van der Waals surface area (Å²) in [6.07, 6.45) is 0. The second-order valence-electron chi connectivity index (χ2n) is 6.69. The molecule has 180 valence electrons. The lowest BCUT2D eigenvalue weighted by Crippen LogP contribution is -2.17. The average Bonchev–Trinajstić information content (AvgIpc) is 2.70. The third-order valence-electron chi connectivity index (χ3n) is 4.52. The number of carboxylic acids is 1. The molecule has 13 nitrogen and oxygen atoms in total. The fraction of sp³-hybridized carbons (Fsp3) is 0. The van der Waals surface area contributed by atoms with E-state index < -0.39 is 78.9 Å². The quantitative estimate of drug-likeness (QED) is 0.285. The van der Waals surface area contributed by atoms with Crippen molar-refractivity contribution < 1.29 is 53.6 Å². The zero-order valence-corrected chi connectivity index (χ0v) is 18.8. The Morgan fingerprint density at radius 2 is 1.26 bits per heavy atom. The highest BCUT2D eigenvalue weighted by molar-refractivity contribution is 7.87. The van der Waals surface area contributed by atoms with Crippen molar-refractivity contribution in [3.8, 4) is 0 Å². The van der Waals surface area contributed by atoms with Crippen LogP contribution in [0, 0.1) is 0 Å². The minimum absolute atomic E-state index is 0.307. The van der Waals surface area contributed by atoms with Crippen molar-refractivity contribution in [1.29, 1.82) is 0 Å². The molecule has 0 bridgehead atoms. The summed E-state index contributed by atoms with van der Waals surface area (Å²) in [5.74, 6) is -2.55. The first-order valence-electron chi connectivity index (χ1n) is 8.68. The molecule has 5 N–H and O–H groups in total. The molecule has 1 amide bonds. The van der Waals surface area contributed by atoms with Crippen molar-refractivity contribution in [1.82, 2.24) is 0 Å². The highest BCUT2D eigenvalue weighted by Crippen LogP contribution is 2.37. The van der Waals surface area contributed by atoms with Crippen LogP contribution >= 0.6 is 0 Å². The molecule has 0 saturated heterocycles. The summed E-state index contributed by atoms with van der Waals surface area (Å²) < 4.78 is 99.4. The van der Waals surface area contributed by atoms with Gasteiger partial charge in [-0.25, -0.2) is 4.79 Å². The smallest absolute Gasteiger partial charge is 0.336 e. The van der Waals surface area contributed by atoms with Crippen LogP contribution in [0.15, 0.2) is 63.2 Å². The number of hydrogen-bond acceptors (Lipinski definition) is 8. The Hall–Kier alpha value is -3.41. The Balaban J connectivity index is 2.42. The first-order valence-corrected chi connectivity index (χ1v) is 13.0. The Morgan fingerprint density at radius 3 is 1.76 bits per heavy atom. The maximum absolute atomic E-state index is 12.8. The van der Waals surface area contributed by atoms with E-state index in [4.69, 9.17) is 0 Å². The molecule has 16 heteroatoms. The molecule has 0 aromatic heterocycles. The SMILES string of the molecule is O=C(O)c1ccccc1C(=O)Nc1ccc(S(=O)(=O)O)c2cc(S(=O)(=O)O)cc(S(=O)(=O)O)c12. The number of amides is 1. The van der Waals surface area contributed by atoms with Gasteiger partial charge >= 0.3 is 5.97 Å². The lowest BCUT2D eigenvalue weighted by Gasteiger charge is -2.15. The van der Waals surface area contributed by atoms with Crippen molar-refractivity contribution in [2.75, 3.05) is 5.32 Å². The number of carbonyl (C=O) groups is 2. The van der Waals surface area contributed by atoms with E-state index >= 15 is 0 Å². The van der Waals surface area contributed by atoms with Gasteiger partial charge in [0, 0.05) is 10.8 Å². The first-order chi connectivity index (χ1) is 15.5. The zero-order valence-electron chi connectivity index (χ0n) is 16.4. The summed E-state index contributed by atoms with van der Waals surface area (Å²) in [7, 11) is -15.6. The predicted molar refractivity (Wildman–Crippen MR) is 115 cm³/mol. The highest BCUT2D eigenvalue weighted by atomic mass is 32.2. The van der Waals surface area contributed by atoms with Gasteiger partial charge in [-0.3, -0.25) is 18.5 Å². The summed E-state index contributed by atoms with van der Waals surface area (Å²) in [4.78, 5) is 20.8. The molecule has 0 unspecified atom stereocenters. The average molecular weight is 531 g/mol. The number of aromatic carboxylic acids is 1. The first kappa shape index (κ1) is 25.2. The van der Waals surface area contributed by atoms with Gasteiger partial charge in [0.05, 0.1) is 21.7 Å². The number of carbonyl (C=O) groups excluding carboxylic acids is 1. The van der Waals surface area contributed by atoms with Gasteiger partial charge in [0.2, 0.25) is 0 Å². The number of rotatable bonds is 6. The van der Waals surface area contributed by atoms with Crippen LogP contribution in [0.1, 0.15) is 20.7 Å². The van der Waals surface area contributed by atoms with Crippen LogP contribution < -0.4 is 5.32 Å². The van der Waals surface area contributed by atoms with E-state index in [0.717, 1.165) is 18.2 Å². The number of nitrogens with one attached hydrogen (secondary N) is 1. The fourth-order valence-electron chi connectivity index (χ4n) is 3.13. The van der Waals surface area contributed by atoms with Crippen LogP contribution in [-0.2, 0) is 30.4 Å². The number of fused-ring (bicyclic) bond motifs is 1. The van der Waals surface area contributed by atoms with Gasteiger partial charge in [-0.1, -0.05) is 12.1 Å². The molecule has 3 aromatic carbocycles. The standard InChI is InChI=1S/C18H13NO12S3/c20-17(10-3-1-2-4-11(10)18(21)22)19-13-5-6-14(33(26,27)28)12-7-9(32(23,24)25)8-15(16(12)13)34(29,30)31/h1-8H,(H,19,20)(H,21,22)(H,23,24,25)(H,26,27,28)(H,29,30,31). The molecule has 3 rings (SSSR count). The summed E-state index contributed by atoms with van der Waals surface area (Å²) >= 11 is 0. The zero-order chi connectivity index (χ0) is 25.6. The normalized spacial score (nSPS) is 12.4. The van der Waals surface area contributed by atoms with Gasteiger partial charge < -0.3 is 10.4 Å². The predicted octanol–water partition coefficient (Wildman–Crippen LogP) is 1.53. The summed E-state index contributed by atoms with van der Waals surface area (Å²) in [5, 5.41) is 9.91. The van der Waals surface area contributed by atoms with Crippen molar-refractivity contribution in [2.24, 2.45) is 0 Å². The van der Waals surface area contributed by atoms with Crippen LogP contribution in [0.3, 0.4) is 0 Å². The van der Waals surface area contributed by atoms with Crippen LogP contribution in [0.4, 0.5) is 5.69 Å². The summed E-state index contributed by atoms with van der Waals surface area (Å²) in [5.41, 5.74) is -1.30. The van der Waals surface area contributed by atoms with Crippen LogP contribution in [0.5, 0.6) is 0 Å². The van der Waals surface area contributed by atoms with Crippen molar-refractivity contribution in [3.05, 3.63) is 59.7 Å². The van der Waals surface area contributed by atoms with Gasteiger partial charge in [-0.05, 0) is 36.4 Å². The molecule has 0 fully saturated rings. The topological polar surface area (TPSA) is 230 Å². The minimum Gasteiger partial charge on any atom is -0.478 e. The summed E-state index contributed by atoms with van der Waals surface area (Å²) in [6, 6.07) is 7.25. The number of benzene rings is 3. The Morgan fingerprint density at radius 1 is 0.706 bits per heavy atom. The van der Waals surface area contributed by atoms with Crippen molar-refractivity contribution in [3.63, 3.8) is 0 Å². The van der Waals surface area contributed by atoms with Crippen LogP contribution in [0.2, 0.25) is 0 Å². The highest BCUT2D eigenvalue weighted by Gasteiger charge is 2.27. The Bertz CT molecular complexity index is 1690. The monoisotopic (exact) mass is 531 g/mol. The lowest BCUT2D eigenvalue weighted by molar-refractivity contribution is 0.0692. The molecule has 0 atom stereocenters. The maximum Gasteiger partial charge on any atom is 0.336 e. The summed E-state index contributed by atoms with van der Waals surface area (Å²) in [6.45, 7) is 0. The van der Waals surface area contributed by atoms with Crippen LogP contribution in [0.25, 0.3) is 10.8 Å². The van der Waals surface area contributed by atoms with E-state index in [1.807, 2.05) is 0 Å². The molecule has 3 aromatic rings. The third-order valence-corrected chi connectivity index (χ3v) is 7.14. The molecular weight excluding hydrogens is 518 g/mol. The molecule has 0 spiro atoms. The van der Waals surface area contributed by atoms with E-state index in [1.54, 1.807) is 0 Å². The number of hydrogen-bond donors (Lipinski definition) is 5. The number of anilines is 1. The van der Waals surface area contributed by atoms with Gasteiger partial charge in [0.15, 0.2) is 0 Å². The van der Waals surface area contributed by atoms with E-state index in [1.165, 1.54) is 12.1 Å². The lowest BCUT2D eigenvalue weighted by atomic mass is 10.1. The van der Waals surface area contributed by atoms with E-state index in [9.17, 15) is 53.6 Å². The van der Waals surface area contributed by atoms with E-state index in [-0.39, 0.29) is 5.56 Å². The molecule has 0 aliphatic carbocycles. The van der Waals surface area contributed by atoms with E-state index in [0.29, 0.717) is 18.2 Å². The molecule has 0 heterocycles. The van der Waals surface area contributed by atoms with Crippen molar-refractivity contribution in [2.45, 2.75) is 14.7 Å². The van der Waals surface area contributed by atoms with Crippen LogP contribution in [-0.4, -0.2) is 55.9 Å². The van der Waals surface area contributed by atoms with Gasteiger partial charge in [0.25, 0.3) is 36.3 Å². The third kappa shape index (κ3) is 4.91.